The molecule has 2 N–H and O–H groups in total. The second-order valence-corrected chi connectivity index (χ2v) is 8.79. The van der Waals surface area contributed by atoms with Crippen molar-refractivity contribution in [3.05, 3.63) is 45.9 Å². The maximum absolute atomic E-state index is 12.7. The van der Waals surface area contributed by atoms with Crippen LogP contribution < -0.4 is 5.73 Å². The lowest BCUT2D eigenvalue weighted by atomic mass is 9.92. The van der Waals surface area contributed by atoms with Gasteiger partial charge in [0.1, 0.15) is 0 Å². The Bertz CT molecular complexity index is 712. The Balaban J connectivity index is 1.58. The van der Waals surface area contributed by atoms with E-state index in [1.807, 2.05) is 43.0 Å². The number of aromatic nitrogens is 1. The summed E-state index contributed by atoms with van der Waals surface area (Å²) < 4.78 is 0. The molecule has 1 aromatic carbocycles. The van der Waals surface area contributed by atoms with Crippen LogP contribution in [0, 0.1) is 12.8 Å². The summed E-state index contributed by atoms with van der Waals surface area (Å²) in [6.45, 7) is 5.67. The van der Waals surface area contributed by atoms with Crippen LogP contribution in [-0.2, 0) is 5.75 Å². The van der Waals surface area contributed by atoms with Gasteiger partial charge in [0.2, 0.25) is 0 Å². The van der Waals surface area contributed by atoms with Crippen LogP contribution >= 0.6 is 23.1 Å². The average molecular weight is 376 g/mol. The predicted octanol–water partition coefficient (Wildman–Crippen LogP) is 3.94. The predicted molar refractivity (Wildman–Crippen MR) is 105 cm³/mol. The van der Waals surface area contributed by atoms with Crippen molar-refractivity contribution in [2.24, 2.45) is 11.7 Å². The van der Waals surface area contributed by atoms with Gasteiger partial charge in [-0.15, -0.1) is 23.1 Å². The molecule has 134 valence electrons. The molecule has 2 atom stereocenters. The fourth-order valence-electron chi connectivity index (χ4n) is 3.13. The first kappa shape index (κ1) is 18.4. The Morgan fingerprint density at radius 3 is 2.84 bits per heavy atom. The molecule has 1 aliphatic rings. The van der Waals surface area contributed by atoms with Gasteiger partial charge in [0, 0.05) is 40.7 Å². The highest BCUT2D eigenvalue weighted by atomic mass is 32.2. The summed E-state index contributed by atoms with van der Waals surface area (Å²) in [5.74, 6) is 1.39. The van der Waals surface area contributed by atoms with E-state index in [1.54, 1.807) is 23.1 Å². The fourth-order valence-corrected chi connectivity index (χ4v) is 4.64. The smallest absolute Gasteiger partial charge is 0.253 e. The first-order valence-corrected chi connectivity index (χ1v) is 10.6. The largest absolute Gasteiger partial charge is 0.338 e. The van der Waals surface area contributed by atoms with Crippen LogP contribution in [0.4, 0.5) is 0 Å². The molecule has 0 bridgehead atoms. The van der Waals surface area contributed by atoms with Crippen LogP contribution in [0.5, 0.6) is 0 Å². The maximum atomic E-state index is 12.7. The molecular weight excluding hydrogens is 350 g/mol. The highest BCUT2D eigenvalue weighted by molar-refractivity contribution is 7.98. The quantitative estimate of drug-likeness (QED) is 0.804. The van der Waals surface area contributed by atoms with Gasteiger partial charge in [0.05, 0.1) is 10.7 Å². The van der Waals surface area contributed by atoms with Crippen LogP contribution in [0.1, 0.15) is 40.8 Å². The molecule has 3 rings (SSSR count). The molecule has 25 heavy (non-hydrogen) atoms. The number of likely N-dealkylation sites (tertiary alicyclic amines) is 1. The van der Waals surface area contributed by atoms with E-state index in [1.165, 1.54) is 0 Å². The van der Waals surface area contributed by atoms with Gasteiger partial charge in [-0.1, -0.05) is 0 Å². The van der Waals surface area contributed by atoms with Crippen molar-refractivity contribution in [3.8, 4) is 0 Å². The summed E-state index contributed by atoms with van der Waals surface area (Å²) in [7, 11) is 0. The minimum atomic E-state index is 0.122. The number of hydrogen-bond donors (Lipinski definition) is 1. The molecule has 1 amide bonds. The number of nitrogens with zero attached hydrogens (tertiary/aromatic N) is 2. The molecule has 2 heterocycles. The lowest BCUT2D eigenvalue weighted by molar-refractivity contribution is 0.0661. The number of piperidine rings is 1. The third-order valence-corrected chi connectivity index (χ3v) is 6.51. The standard InChI is InChI=1S/C19H25N3OS2/c1-13(20)16-4-3-9-22(10-16)19(23)15-5-7-18(8-6-15)25-12-17-11-24-14(2)21-17/h5-8,11,13,16H,3-4,9-10,12,20H2,1-2H3. The normalized spacial score (nSPS) is 19.0. The van der Waals surface area contributed by atoms with Crippen molar-refractivity contribution < 1.29 is 4.79 Å². The molecule has 2 aromatic rings. The van der Waals surface area contributed by atoms with Gasteiger partial charge in [0.25, 0.3) is 5.91 Å². The second kappa shape index (κ2) is 8.34. The Kier molecular flexibility index (Phi) is 6.15. The van der Waals surface area contributed by atoms with Gasteiger partial charge >= 0.3 is 0 Å². The van der Waals surface area contributed by atoms with E-state index in [0.29, 0.717) is 5.92 Å². The minimum absolute atomic E-state index is 0.122. The van der Waals surface area contributed by atoms with E-state index >= 15 is 0 Å². The number of thiazole rings is 1. The monoisotopic (exact) mass is 375 g/mol. The van der Waals surface area contributed by atoms with E-state index < -0.39 is 0 Å². The van der Waals surface area contributed by atoms with E-state index in [4.69, 9.17) is 5.73 Å². The van der Waals surface area contributed by atoms with E-state index in [0.717, 1.165) is 52.8 Å². The number of benzene rings is 1. The molecular formula is C19H25N3OS2. The number of thioether (sulfide) groups is 1. The summed E-state index contributed by atoms with van der Waals surface area (Å²) in [5.41, 5.74) is 7.90. The van der Waals surface area contributed by atoms with Crippen LogP contribution in [0.3, 0.4) is 0 Å². The molecule has 0 radical (unpaired) electrons. The van der Waals surface area contributed by atoms with Crippen molar-refractivity contribution in [1.82, 2.24) is 9.88 Å². The molecule has 0 saturated carbocycles. The van der Waals surface area contributed by atoms with Crippen molar-refractivity contribution in [2.45, 2.75) is 43.4 Å². The van der Waals surface area contributed by atoms with E-state index in [9.17, 15) is 4.79 Å². The molecule has 1 saturated heterocycles. The van der Waals surface area contributed by atoms with Gasteiger partial charge in [-0.3, -0.25) is 4.79 Å². The molecule has 1 fully saturated rings. The SMILES string of the molecule is Cc1nc(CSc2ccc(C(=O)N3CCCC(C(C)N)C3)cc2)cs1. The van der Waals surface area contributed by atoms with Gasteiger partial charge < -0.3 is 10.6 Å². The molecule has 2 unspecified atom stereocenters. The maximum Gasteiger partial charge on any atom is 0.253 e. The summed E-state index contributed by atoms with van der Waals surface area (Å²) in [6.07, 6.45) is 2.16. The first-order valence-electron chi connectivity index (χ1n) is 8.71. The Morgan fingerprint density at radius 2 is 2.20 bits per heavy atom. The number of carbonyl (C=O) groups is 1. The van der Waals surface area contributed by atoms with Crippen LogP contribution in [0.2, 0.25) is 0 Å². The highest BCUT2D eigenvalue weighted by Crippen LogP contribution is 2.25. The van der Waals surface area contributed by atoms with Crippen molar-refractivity contribution in [1.29, 1.82) is 0 Å². The lowest BCUT2D eigenvalue weighted by Crippen LogP contribution is -2.45. The number of nitrogens with two attached hydrogens (primary N) is 1. The van der Waals surface area contributed by atoms with Gasteiger partial charge in [-0.2, -0.15) is 0 Å². The zero-order valence-corrected chi connectivity index (χ0v) is 16.4. The molecule has 4 nitrogen and oxygen atoms in total. The van der Waals surface area contributed by atoms with Crippen molar-refractivity contribution in [2.75, 3.05) is 13.1 Å². The summed E-state index contributed by atoms with van der Waals surface area (Å²) in [5, 5.41) is 3.20. The van der Waals surface area contributed by atoms with Crippen molar-refractivity contribution in [3.63, 3.8) is 0 Å². The number of aryl methyl sites for hydroxylation is 1. The number of carbonyl (C=O) groups excluding carboxylic acids is 1. The molecule has 0 aliphatic carbocycles. The fraction of sp³-hybridized carbons (Fsp3) is 0.474. The number of rotatable bonds is 5. The van der Waals surface area contributed by atoms with Gasteiger partial charge in [-0.05, 0) is 56.9 Å². The van der Waals surface area contributed by atoms with Crippen LogP contribution in [0.25, 0.3) is 0 Å². The van der Waals surface area contributed by atoms with Crippen molar-refractivity contribution >= 4 is 29.0 Å². The Hall–Kier alpha value is -1.37. The molecule has 1 aliphatic heterocycles. The Labute approximate surface area is 157 Å². The Morgan fingerprint density at radius 1 is 1.44 bits per heavy atom. The van der Waals surface area contributed by atoms with Gasteiger partial charge in [0.15, 0.2) is 0 Å². The zero-order chi connectivity index (χ0) is 17.8. The highest BCUT2D eigenvalue weighted by Gasteiger charge is 2.26. The van der Waals surface area contributed by atoms with E-state index in [-0.39, 0.29) is 11.9 Å². The van der Waals surface area contributed by atoms with Crippen LogP contribution in [0.15, 0.2) is 34.5 Å². The lowest BCUT2D eigenvalue weighted by Gasteiger charge is -2.34. The second-order valence-electron chi connectivity index (χ2n) is 6.68. The number of hydrogen-bond acceptors (Lipinski definition) is 5. The molecule has 6 heteroatoms. The minimum Gasteiger partial charge on any atom is -0.338 e. The summed E-state index contributed by atoms with van der Waals surface area (Å²) in [6, 6.07) is 8.08. The molecule has 1 aromatic heterocycles. The summed E-state index contributed by atoms with van der Waals surface area (Å²) >= 11 is 3.43. The van der Waals surface area contributed by atoms with Gasteiger partial charge in [-0.25, -0.2) is 4.98 Å². The summed E-state index contributed by atoms with van der Waals surface area (Å²) in [4.78, 5) is 20.3. The third kappa shape index (κ3) is 4.84. The van der Waals surface area contributed by atoms with Crippen LogP contribution in [-0.4, -0.2) is 34.9 Å². The third-order valence-electron chi connectivity index (χ3n) is 4.64. The number of amides is 1. The zero-order valence-electron chi connectivity index (χ0n) is 14.8. The molecule has 0 spiro atoms. The van der Waals surface area contributed by atoms with E-state index in [2.05, 4.69) is 10.4 Å². The topological polar surface area (TPSA) is 59.2 Å². The average Bonchev–Trinajstić information content (AvgIpc) is 3.05. The first-order chi connectivity index (χ1) is 12.0.